The second-order valence-electron chi connectivity index (χ2n) is 10.5. The molecule has 4 heterocycles. The number of benzene rings is 2. The molecule has 4 N–H and O–H groups in total. The van der Waals surface area contributed by atoms with E-state index < -0.39 is 5.91 Å². The third kappa shape index (κ3) is 6.33. The van der Waals surface area contributed by atoms with E-state index in [1.54, 1.807) is 36.3 Å². The number of para-hydroxylation sites is 1. The van der Waals surface area contributed by atoms with Gasteiger partial charge in [0, 0.05) is 48.9 Å². The van der Waals surface area contributed by atoms with Gasteiger partial charge in [0.2, 0.25) is 5.95 Å². The number of nitrogens with zero attached hydrogens (tertiary/aromatic N) is 5. The molecule has 2 aliphatic rings. The molecule has 1 unspecified atom stereocenters. The van der Waals surface area contributed by atoms with Crippen LogP contribution >= 0.6 is 0 Å². The van der Waals surface area contributed by atoms with Gasteiger partial charge in [-0.15, -0.1) is 0 Å². The number of primary amides is 1. The molecule has 228 valence electrons. The molecule has 0 aliphatic carbocycles. The molecule has 2 aliphatic heterocycles. The van der Waals surface area contributed by atoms with E-state index in [0.717, 1.165) is 30.7 Å². The lowest BCUT2D eigenvalue weighted by Crippen LogP contribution is -2.40. The number of methoxy groups -OCH3 is 1. The van der Waals surface area contributed by atoms with Gasteiger partial charge in [-0.05, 0) is 55.3 Å². The minimum Gasteiger partial charge on any atom is -0.494 e. The first-order chi connectivity index (χ1) is 21.5. The molecule has 2 aromatic heterocycles. The van der Waals surface area contributed by atoms with E-state index in [1.807, 2.05) is 35.1 Å². The number of aromatic nitrogens is 4. The maximum absolute atomic E-state index is 12.8. The molecule has 0 spiro atoms. The van der Waals surface area contributed by atoms with Crippen molar-refractivity contribution in [2.75, 3.05) is 57.3 Å². The predicted molar refractivity (Wildman–Crippen MR) is 164 cm³/mol. The predicted octanol–water partition coefficient (Wildman–Crippen LogP) is 3.76. The first kappa shape index (κ1) is 29.1. The van der Waals surface area contributed by atoms with Crippen LogP contribution in [0.25, 0.3) is 11.3 Å². The number of hydrogen-bond acceptors (Lipinski definition) is 10. The van der Waals surface area contributed by atoms with Crippen molar-refractivity contribution in [1.29, 1.82) is 0 Å². The summed E-state index contributed by atoms with van der Waals surface area (Å²) >= 11 is 0. The first-order valence-corrected chi connectivity index (χ1v) is 14.5. The van der Waals surface area contributed by atoms with Gasteiger partial charge in [0.15, 0.2) is 5.75 Å². The van der Waals surface area contributed by atoms with Crippen molar-refractivity contribution in [3.63, 3.8) is 0 Å². The molecule has 13 nitrogen and oxygen atoms in total. The Labute approximate surface area is 254 Å². The summed E-state index contributed by atoms with van der Waals surface area (Å²) in [5.41, 5.74) is 9.10. The molecular formula is C31H34N8O5. The van der Waals surface area contributed by atoms with Gasteiger partial charge < -0.3 is 35.5 Å². The molecule has 2 amide bonds. The first-order valence-electron chi connectivity index (χ1n) is 14.5. The molecule has 13 heteroatoms. The highest BCUT2D eigenvalue weighted by atomic mass is 16.5. The van der Waals surface area contributed by atoms with Crippen molar-refractivity contribution in [3.05, 3.63) is 72.1 Å². The number of hydrogen-bond donors (Lipinski definition) is 3. The van der Waals surface area contributed by atoms with Crippen molar-refractivity contribution < 1.29 is 23.8 Å². The quantitative estimate of drug-likeness (QED) is 0.259. The Morgan fingerprint density at radius 3 is 2.57 bits per heavy atom. The Morgan fingerprint density at radius 2 is 1.84 bits per heavy atom. The second-order valence-corrected chi connectivity index (χ2v) is 10.5. The van der Waals surface area contributed by atoms with Crippen LogP contribution in [0.4, 0.5) is 23.1 Å². The maximum Gasteiger partial charge on any atom is 0.254 e. The largest absolute Gasteiger partial charge is 0.494 e. The summed E-state index contributed by atoms with van der Waals surface area (Å²) in [5.74, 6) is 0.234. The fraction of sp³-hybridized carbons (Fsp3) is 0.323. The monoisotopic (exact) mass is 598 g/mol. The number of nitrogens with one attached hydrogen (secondary N) is 2. The Balaban J connectivity index is 1.23. The van der Waals surface area contributed by atoms with E-state index in [9.17, 15) is 9.59 Å². The number of ether oxygens (including phenoxy) is 3. The number of carbonyl (C=O) groups is 2. The van der Waals surface area contributed by atoms with E-state index >= 15 is 0 Å². The normalized spacial score (nSPS) is 16.8. The van der Waals surface area contributed by atoms with Gasteiger partial charge in [0.25, 0.3) is 11.8 Å². The summed E-state index contributed by atoms with van der Waals surface area (Å²) in [6.07, 6.45) is 5.32. The zero-order valence-electron chi connectivity index (χ0n) is 24.4. The molecule has 0 bridgehead atoms. The highest BCUT2D eigenvalue weighted by molar-refractivity contribution is 5.98. The Morgan fingerprint density at radius 1 is 1.02 bits per heavy atom. The van der Waals surface area contributed by atoms with E-state index in [-0.39, 0.29) is 29.3 Å². The van der Waals surface area contributed by atoms with Crippen molar-refractivity contribution >= 4 is 35.0 Å². The lowest BCUT2D eigenvalue weighted by molar-refractivity contribution is 0.0303. The second kappa shape index (κ2) is 13.1. The average molecular weight is 599 g/mol. The number of morpholine rings is 1. The fourth-order valence-electron chi connectivity index (χ4n) is 5.29. The standard InChI is InChI=1S/C31H34N8O5/c1-42-27-23(25-11-12-39(37-25)22-4-3-15-44-19-22)5-2-6-26(27)35-29-24(28(32)40)18-33-31(36-29)34-21-9-7-20(8-10-21)30(41)38-13-16-43-17-14-38/h2,5-12,18,22H,3-4,13-17,19H2,1H3,(H2,32,40)(H2,33,34,35,36). The zero-order valence-corrected chi connectivity index (χ0v) is 24.4. The summed E-state index contributed by atoms with van der Waals surface area (Å²) in [6.45, 7) is 3.64. The molecule has 4 aromatic rings. The van der Waals surface area contributed by atoms with Crippen LogP contribution in [0.1, 0.15) is 39.6 Å². The Hall–Kier alpha value is -5.01. The lowest BCUT2D eigenvalue weighted by Gasteiger charge is -2.26. The number of carbonyl (C=O) groups excluding carboxylic acids is 2. The third-order valence-corrected chi connectivity index (χ3v) is 7.61. The van der Waals surface area contributed by atoms with Crippen molar-refractivity contribution in [3.8, 4) is 17.0 Å². The van der Waals surface area contributed by atoms with Crippen LogP contribution in [-0.4, -0.2) is 83.1 Å². The minimum atomic E-state index is -0.686. The summed E-state index contributed by atoms with van der Waals surface area (Å²) < 4.78 is 18.7. The molecule has 2 fully saturated rings. The van der Waals surface area contributed by atoms with Crippen LogP contribution < -0.4 is 21.1 Å². The number of rotatable bonds is 9. The Kier molecular flexibility index (Phi) is 8.66. The fourth-order valence-corrected chi connectivity index (χ4v) is 5.29. The van der Waals surface area contributed by atoms with Crippen LogP contribution in [0.15, 0.2) is 60.9 Å². The van der Waals surface area contributed by atoms with Gasteiger partial charge in [-0.3, -0.25) is 14.3 Å². The molecule has 44 heavy (non-hydrogen) atoms. The van der Waals surface area contributed by atoms with E-state index in [1.165, 1.54) is 6.20 Å². The number of amides is 2. The summed E-state index contributed by atoms with van der Waals surface area (Å²) in [7, 11) is 1.57. The molecule has 0 radical (unpaired) electrons. The minimum absolute atomic E-state index is 0.0423. The molecule has 0 saturated carbocycles. The van der Waals surface area contributed by atoms with Crippen LogP contribution in [0, 0.1) is 0 Å². The van der Waals surface area contributed by atoms with Gasteiger partial charge in [-0.25, -0.2) is 4.98 Å². The highest BCUT2D eigenvalue weighted by Crippen LogP contribution is 2.38. The van der Waals surface area contributed by atoms with Crippen LogP contribution in [0.3, 0.4) is 0 Å². The smallest absolute Gasteiger partial charge is 0.254 e. The molecule has 1 atom stereocenters. The summed E-state index contributed by atoms with van der Waals surface area (Å²) in [6, 6.07) is 14.8. The van der Waals surface area contributed by atoms with Crippen molar-refractivity contribution in [1.82, 2.24) is 24.6 Å². The molecule has 2 saturated heterocycles. The van der Waals surface area contributed by atoms with Gasteiger partial charge in [-0.2, -0.15) is 10.1 Å². The lowest BCUT2D eigenvalue weighted by atomic mass is 10.1. The van der Waals surface area contributed by atoms with Gasteiger partial charge >= 0.3 is 0 Å². The number of anilines is 4. The van der Waals surface area contributed by atoms with Crippen LogP contribution in [0.5, 0.6) is 5.75 Å². The molecular weight excluding hydrogens is 564 g/mol. The Bertz CT molecular complexity index is 1630. The zero-order chi connectivity index (χ0) is 30.5. The SMILES string of the molecule is COc1c(Nc2nc(Nc3ccc(C(=O)N4CCOCC4)cc3)ncc2C(N)=O)cccc1-c1ccn(C2CCCOC2)n1. The topological polar surface area (TPSA) is 159 Å². The molecule has 6 rings (SSSR count). The third-order valence-electron chi connectivity index (χ3n) is 7.61. The maximum atomic E-state index is 12.8. The van der Waals surface area contributed by atoms with Gasteiger partial charge in [-0.1, -0.05) is 6.07 Å². The molecule has 2 aromatic carbocycles. The van der Waals surface area contributed by atoms with Crippen LogP contribution in [0.2, 0.25) is 0 Å². The average Bonchev–Trinajstić information content (AvgIpc) is 3.56. The highest BCUT2D eigenvalue weighted by Gasteiger charge is 2.21. The van der Waals surface area contributed by atoms with Gasteiger partial charge in [0.05, 0.1) is 44.4 Å². The summed E-state index contributed by atoms with van der Waals surface area (Å²) in [4.78, 5) is 35.7. The van der Waals surface area contributed by atoms with Gasteiger partial charge in [0.1, 0.15) is 11.4 Å². The van der Waals surface area contributed by atoms with E-state index in [4.69, 9.17) is 25.0 Å². The van der Waals surface area contributed by atoms with Crippen molar-refractivity contribution in [2.45, 2.75) is 18.9 Å². The summed E-state index contributed by atoms with van der Waals surface area (Å²) in [5, 5.41) is 11.1. The van der Waals surface area contributed by atoms with Crippen LogP contribution in [-0.2, 0) is 9.47 Å². The number of nitrogens with two attached hydrogens (primary N) is 1. The van der Waals surface area contributed by atoms with E-state index in [2.05, 4.69) is 20.6 Å². The van der Waals surface area contributed by atoms with E-state index in [0.29, 0.717) is 55.6 Å². The van der Waals surface area contributed by atoms with Crippen molar-refractivity contribution in [2.24, 2.45) is 5.73 Å².